The first-order valence-corrected chi connectivity index (χ1v) is 8.23. The summed E-state index contributed by atoms with van der Waals surface area (Å²) >= 11 is 18.6. The number of rotatable bonds is 2. The predicted molar refractivity (Wildman–Crippen MR) is 95.6 cm³/mol. The molecule has 0 saturated carbocycles. The van der Waals surface area contributed by atoms with Crippen LogP contribution in [0.3, 0.4) is 0 Å². The largest absolute Gasteiger partial charge is 0.462 e. The van der Waals surface area contributed by atoms with Gasteiger partial charge in [-0.25, -0.2) is 0 Å². The van der Waals surface area contributed by atoms with Crippen molar-refractivity contribution in [3.05, 3.63) is 56.8 Å². The van der Waals surface area contributed by atoms with Gasteiger partial charge in [0, 0.05) is 11.1 Å². The summed E-state index contributed by atoms with van der Waals surface area (Å²) in [4.78, 5) is 14.5. The second-order valence-electron chi connectivity index (χ2n) is 4.56. The number of thiocarbonyl (C=S) groups is 1. The number of thioether (sulfide) groups is 1. The van der Waals surface area contributed by atoms with Gasteiger partial charge >= 0.3 is 0 Å². The number of anilines is 1. The molecular weight excluding hydrogens is 361 g/mol. The molecule has 0 unspecified atom stereocenters. The van der Waals surface area contributed by atoms with Crippen molar-refractivity contribution >= 4 is 69.2 Å². The van der Waals surface area contributed by atoms with Crippen molar-refractivity contribution < 1.29 is 9.21 Å². The molecule has 1 aliphatic heterocycles. The molecule has 7 heteroatoms. The Morgan fingerprint density at radius 2 is 2.05 bits per heavy atom. The molecule has 2 aromatic rings. The molecule has 0 radical (unpaired) electrons. The zero-order valence-corrected chi connectivity index (χ0v) is 14.4. The van der Waals surface area contributed by atoms with Gasteiger partial charge in [0.1, 0.15) is 11.5 Å². The lowest BCUT2D eigenvalue weighted by atomic mass is 10.3. The van der Waals surface area contributed by atoms with Gasteiger partial charge in [0.05, 0.1) is 15.6 Å². The standard InChI is InChI=1S/C15H9Cl2NO2S2/c1-8-2-4-10(20-8)7-13-14(19)18(15(21)22-13)12-5-3-9(16)6-11(12)17/h2-7H,1H3. The van der Waals surface area contributed by atoms with Crippen LogP contribution in [-0.2, 0) is 4.79 Å². The highest BCUT2D eigenvalue weighted by Crippen LogP contribution is 2.39. The monoisotopic (exact) mass is 369 g/mol. The second-order valence-corrected chi connectivity index (χ2v) is 7.08. The summed E-state index contributed by atoms with van der Waals surface area (Å²) in [7, 11) is 0. The Morgan fingerprint density at radius 1 is 1.27 bits per heavy atom. The lowest BCUT2D eigenvalue weighted by Gasteiger charge is -2.16. The summed E-state index contributed by atoms with van der Waals surface area (Å²) in [5.74, 6) is 1.16. The van der Waals surface area contributed by atoms with Crippen LogP contribution < -0.4 is 4.90 Å². The van der Waals surface area contributed by atoms with Gasteiger partial charge in [0.2, 0.25) is 0 Å². The van der Waals surface area contributed by atoms with Gasteiger partial charge < -0.3 is 4.42 Å². The average molecular weight is 370 g/mol. The Kier molecular flexibility index (Phi) is 4.32. The quantitative estimate of drug-likeness (QED) is 0.531. The molecule has 0 spiro atoms. The number of hydrogen-bond acceptors (Lipinski definition) is 4. The third-order valence-electron chi connectivity index (χ3n) is 2.98. The number of carbonyl (C=O) groups excluding carboxylic acids is 1. The van der Waals surface area contributed by atoms with Crippen LogP contribution >= 0.6 is 47.2 Å². The molecule has 0 N–H and O–H groups in total. The Balaban J connectivity index is 1.96. The smallest absolute Gasteiger partial charge is 0.270 e. The molecule has 1 aromatic carbocycles. The zero-order chi connectivity index (χ0) is 15.9. The Bertz CT molecular complexity index is 814. The van der Waals surface area contributed by atoms with Gasteiger partial charge in [-0.1, -0.05) is 47.2 Å². The summed E-state index contributed by atoms with van der Waals surface area (Å²) in [6.45, 7) is 1.84. The van der Waals surface area contributed by atoms with Crippen molar-refractivity contribution in [3.8, 4) is 0 Å². The Morgan fingerprint density at radius 3 is 2.68 bits per heavy atom. The second kappa shape index (κ2) is 6.08. The average Bonchev–Trinajstić information content (AvgIpc) is 2.96. The van der Waals surface area contributed by atoms with E-state index in [1.54, 1.807) is 30.3 Å². The van der Waals surface area contributed by atoms with Crippen LogP contribution in [0, 0.1) is 6.92 Å². The molecule has 0 atom stereocenters. The van der Waals surface area contributed by atoms with Crippen LogP contribution in [0.15, 0.2) is 39.7 Å². The van der Waals surface area contributed by atoms with E-state index in [0.717, 1.165) is 5.76 Å². The summed E-state index contributed by atoms with van der Waals surface area (Å²) in [6.07, 6.45) is 1.68. The highest BCUT2D eigenvalue weighted by molar-refractivity contribution is 8.27. The minimum absolute atomic E-state index is 0.228. The third kappa shape index (κ3) is 2.94. The summed E-state index contributed by atoms with van der Waals surface area (Å²) in [5.41, 5.74) is 0.521. The molecule has 1 aliphatic rings. The predicted octanol–water partition coefficient (Wildman–Crippen LogP) is 5.30. The maximum absolute atomic E-state index is 12.6. The van der Waals surface area contributed by atoms with Crippen LogP contribution in [0.25, 0.3) is 6.08 Å². The normalized spacial score (nSPS) is 16.9. The number of carbonyl (C=O) groups is 1. The molecule has 1 aromatic heterocycles. The number of hydrogen-bond donors (Lipinski definition) is 0. The van der Waals surface area contributed by atoms with Crippen molar-refractivity contribution in [1.29, 1.82) is 0 Å². The van der Waals surface area contributed by atoms with E-state index in [0.29, 0.717) is 30.7 Å². The maximum atomic E-state index is 12.6. The highest BCUT2D eigenvalue weighted by atomic mass is 35.5. The van der Waals surface area contributed by atoms with E-state index in [9.17, 15) is 4.79 Å². The van der Waals surface area contributed by atoms with E-state index in [2.05, 4.69) is 0 Å². The molecule has 3 rings (SSSR count). The molecule has 1 fully saturated rings. The van der Waals surface area contributed by atoms with E-state index in [1.165, 1.54) is 16.7 Å². The molecule has 3 nitrogen and oxygen atoms in total. The highest BCUT2D eigenvalue weighted by Gasteiger charge is 2.34. The lowest BCUT2D eigenvalue weighted by molar-refractivity contribution is -0.113. The van der Waals surface area contributed by atoms with Crippen molar-refractivity contribution in [1.82, 2.24) is 0 Å². The Labute approximate surface area is 146 Å². The number of nitrogens with zero attached hydrogens (tertiary/aromatic N) is 1. The van der Waals surface area contributed by atoms with Crippen LogP contribution in [0.1, 0.15) is 11.5 Å². The molecule has 0 bridgehead atoms. The molecule has 1 saturated heterocycles. The third-order valence-corrected chi connectivity index (χ3v) is 4.82. The minimum Gasteiger partial charge on any atom is -0.462 e. The maximum Gasteiger partial charge on any atom is 0.270 e. The summed E-state index contributed by atoms with van der Waals surface area (Å²) in [6, 6.07) is 8.56. The van der Waals surface area contributed by atoms with Gasteiger partial charge in [0.25, 0.3) is 5.91 Å². The van der Waals surface area contributed by atoms with Crippen molar-refractivity contribution in [2.24, 2.45) is 0 Å². The number of halogens is 2. The molecule has 112 valence electrons. The van der Waals surface area contributed by atoms with Crippen LogP contribution in [0.2, 0.25) is 10.0 Å². The van der Waals surface area contributed by atoms with Gasteiger partial charge in [-0.15, -0.1) is 0 Å². The van der Waals surface area contributed by atoms with E-state index < -0.39 is 0 Å². The molecule has 0 aliphatic carbocycles. The lowest BCUT2D eigenvalue weighted by Crippen LogP contribution is -2.27. The first kappa shape index (κ1) is 15.6. The van der Waals surface area contributed by atoms with Gasteiger partial charge in [0.15, 0.2) is 4.32 Å². The first-order valence-electron chi connectivity index (χ1n) is 6.25. The summed E-state index contributed by atoms with van der Waals surface area (Å²) < 4.78 is 5.88. The van der Waals surface area contributed by atoms with Crippen LogP contribution in [-0.4, -0.2) is 10.2 Å². The molecule has 1 amide bonds. The van der Waals surface area contributed by atoms with Crippen molar-refractivity contribution in [3.63, 3.8) is 0 Å². The molecular formula is C15H9Cl2NO2S2. The van der Waals surface area contributed by atoms with E-state index >= 15 is 0 Å². The Hall–Kier alpha value is -1.27. The topological polar surface area (TPSA) is 33.5 Å². The number of aryl methyl sites for hydroxylation is 1. The SMILES string of the molecule is Cc1ccc(C=C2SC(=S)N(c3ccc(Cl)cc3Cl)C2=O)o1. The van der Waals surface area contributed by atoms with E-state index in [-0.39, 0.29) is 5.91 Å². The van der Waals surface area contributed by atoms with E-state index in [4.69, 9.17) is 39.8 Å². The first-order chi connectivity index (χ1) is 10.5. The fourth-order valence-corrected chi connectivity index (χ4v) is 3.76. The number of furan rings is 1. The van der Waals surface area contributed by atoms with Gasteiger partial charge in [-0.3, -0.25) is 9.69 Å². The van der Waals surface area contributed by atoms with Crippen LogP contribution in [0.4, 0.5) is 5.69 Å². The number of amides is 1. The van der Waals surface area contributed by atoms with Gasteiger partial charge in [-0.05, 0) is 37.3 Å². The molecule has 2 heterocycles. The van der Waals surface area contributed by atoms with Crippen molar-refractivity contribution in [2.75, 3.05) is 4.90 Å². The summed E-state index contributed by atoms with van der Waals surface area (Å²) in [5, 5.41) is 0.875. The van der Waals surface area contributed by atoms with E-state index in [1.807, 2.05) is 13.0 Å². The fourth-order valence-electron chi connectivity index (χ4n) is 2.00. The van der Waals surface area contributed by atoms with Gasteiger partial charge in [-0.2, -0.15) is 0 Å². The number of benzene rings is 1. The fraction of sp³-hybridized carbons (Fsp3) is 0.0667. The minimum atomic E-state index is -0.228. The zero-order valence-electron chi connectivity index (χ0n) is 11.3. The van der Waals surface area contributed by atoms with Crippen molar-refractivity contribution in [2.45, 2.75) is 6.92 Å². The molecule has 22 heavy (non-hydrogen) atoms. The van der Waals surface area contributed by atoms with Crippen LogP contribution in [0.5, 0.6) is 0 Å².